The Bertz CT molecular complexity index is 342. The molecule has 0 aromatic carbocycles. The van der Waals surface area contributed by atoms with Crippen LogP contribution < -0.4 is 5.32 Å². The van der Waals surface area contributed by atoms with Crippen LogP contribution in [0.15, 0.2) is 10.8 Å². The molecular formula is C10H16N2O3. The lowest BCUT2D eigenvalue weighted by Crippen LogP contribution is -2.48. The molecule has 1 heterocycles. The van der Waals surface area contributed by atoms with Crippen molar-refractivity contribution in [1.29, 1.82) is 0 Å². The second-order valence-corrected chi connectivity index (χ2v) is 3.79. The van der Waals surface area contributed by atoms with Crippen molar-refractivity contribution in [2.45, 2.75) is 32.7 Å². The highest BCUT2D eigenvalue weighted by Crippen LogP contribution is 2.11. The average molecular weight is 212 g/mol. The molecule has 2 N–H and O–H groups in total. The zero-order valence-electron chi connectivity index (χ0n) is 9.20. The highest BCUT2D eigenvalue weighted by atomic mass is 16.3. The van der Waals surface area contributed by atoms with Gasteiger partial charge >= 0.3 is 0 Å². The van der Waals surface area contributed by atoms with E-state index in [1.807, 2.05) is 6.92 Å². The zero-order valence-corrected chi connectivity index (χ0v) is 9.20. The van der Waals surface area contributed by atoms with E-state index in [0.29, 0.717) is 12.1 Å². The van der Waals surface area contributed by atoms with E-state index in [1.165, 1.54) is 6.39 Å². The maximum Gasteiger partial charge on any atom is 0.289 e. The summed E-state index contributed by atoms with van der Waals surface area (Å²) < 4.78 is 4.96. The molecular weight excluding hydrogens is 196 g/mol. The van der Waals surface area contributed by atoms with Crippen LogP contribution in [0.1, 0.15) is 36.5 Å². The summed E-state index contributed by atoms with van der Waals surface area (Å²) in [4.78, 5) is 15.5. The van der Waals surface area contributed by atoms with Crippen molar-refractivity contribution in [3.63, 3.8) is 0 Å². The van der Waals surface area contributed by atoms with Crippen LogP contribution in [-0.4, -0.2) is 28.1 Å². The Morgan fingerprint density at radius 2 is 2.40 bits per heavy atom. The smallest absolute Gasteiger partial charge is 0.289 e. The van der Waals surface area contributed by atoms with E-state index in [4.69, 9.17) is 9.52 Å². The molecule has 0 aliphatic carbocycles. The minimum atomic E-state index is -0.615. The van der Waals surface area contributed by atoms with Crippen LogP contribution in [0.25, 0.3) is 0 Å². The fourth-order valence-corrected chi connectivity index (χ4v) is 1.09. The summed E-state index contributed by atoms with van der Waals surface area (Å²) in [6.07, 6.45) is 1.87. The third kappa shape index (κ3) is 2.56. The summed E-state index contributed by atoms with van der Waals surface area (Å²) in [6.45, 7) is 5.25. The fraction of sp³-hybridized carbons (Fsp3) is 0.600. The van der Waals surface area contributed by atoms with Crippen molar-refractivity contribution >= 4 is 5.91 Å². The molecule has 0 bridgehead atoms. The molecule has 0 radical (unpaired) electrons. The maximum atomic E-state index is 11.7. The zero-order chi connectivity index (χ0) is 11.5. The van der Waals surface area contributed by atoms with Crippen LogP contribution >= 0.6 is 0 Å². The van der Waals surface area contributed by atoms with Crippen molar-refractivity contribution in [1.82, 2.24) is 10.3 Å². The first-order valence-corrected chi connectivity index (χ1v) is 4.86. The molecule has 0 aliphatic heterocycles. The number of oxazole rings is 1. The molecule has 5 nitrogen and oxygen atoms in total. The number of aliphatic hydroxyl groups excluding tert-OH is 1. The Labute approximate surface area is 88.5 Å². The van der Waals surface area contributed by atoms with Gasteiger partial charge < -0.3 is 14.8 Å². The molecule has 1 rings (SSSR count). The molecule has 1 aromatic rings. The molecule has 0 saturated carbocycles. The summed E-state index contributed by atoms with van der Waals surface area (Å²) in [5.74, 6) is -0.147. The number of hydrogen-bond donors (Lipinski definition) is 2. The SMILES string of the molecule is CCC(C)(CO)NC(=O)c1ocnc1C. The van der Waals surface area contributed by atoms with Crippen molar-refractivity contribution < 1.29 is 14.3 Å². The molecule has 84 valence electrons. The van der Waals surface area contributed by atoms with Crippen molar-refractivity contribution in [2.75, 3.05) is 6.61 Å². The average Bonchev–Trinajstić information content (AvgIpc) is 2.64. The molecule has 1 atom stereocenters. The number of aromatic nitrogens is 1. The number of nitrogens with zero attached hydrogens (tertiary/aromatic N) is 1. The molecule has 0 fully saturated rings. The Balaban J connectivity index is 2.76. The summed E-state index contributed by atoms with van der Waals surface area (Å²) in [5.41, 5.74) is -0.0695. The first-order valence-electron chi connectivity index (χ1n) is 4.86. The Morgan fingerprint density at radius 3 is 2.80 bits per heavy atom. The van der Waals surface area contributed by atoms with E-state index in [0.717, 1.165) is 0 Å². The molecule has 0 spiro atoms. The third-order valence-electron chi connectivity index (χ3n) is 2.50. The summed E-state index contributed by atoms with van der Waals surface area (Å²) in [6, 6.07) is 0. The van der Waals surface area contributed by atoms with Crippen LogP contribution in [0.5, 0.6) is 0 Å². The number of carbonyl (C=O) groups excluding carboxylic acids is 1. The van der Waals surface area contributed by atoms with E-state index < -0.39 is 5.54 Å². The molecule has 0 saturated heterocycles. The molecule has 1 aromatic heterocycles. The topological polar surface area (TPSA) is 75.4 Å². The second-order valence-electron chi connectivity index (χ2n) is 3.79. The molecule has 15 heavy (non-hydrogen) atoms. The van der Waals surface area contributed by atoms with Crippen molar-refractivity contribution in [3.05, 3.63) is 17.8 Å². The Hall–Kier alpha value is -1.36. The van der Waals surface area contributed by atoms with Crippen LogP contribution in [0.3, 0.4) is 0 Å². The lowest BCUT2D eigenvalue weighted by atomic mass is 10.00. The van der Waals surface area contributed by atoms with Crippen molar-refractivity contribution in [3.8, 4) is 0 Å². The highest BCUT2D eigenvalue weighted by Gasteiger charge is 2.26. The Morgan fingerprint density at radius 1 is 1.73 bits per heavy atom. The number of aryl methyl sites for hydroxylation is 1. The van der Waals surface area contributed by atoms with E-state index in [1.54, 1.807) is 13.8 Å². The van der Waals surface area contributed by atoms with Crippen LogP contribution in [0, 0.1) is 6.92 Å². The lowest BCUT2D eigenvalue weighted by molar-refractivity contribution is 0.0818. The van der Waals surface area contributed by atoms with E-state index in [2.05, 4.69) is 10.3 Å². The predicted molar refractivity (Wildman–Crippen MR) is 54.5 cm³/mol. The molecule has 1 amide bonds. The van der Waals surface area contributed by atoms with Crippen LogP contribution in [0.4, 0.5) is 0 Å². The number of nitrogens with one attached hydrogen (secondary N) is 1. The van der Waals surface area contributed by atoms with Gasteiger partial charge in [0.1, 0.15) is 0 Å². The van der Waals surface area contributed by atoms with Gasteiger partial charge in [-0.1, -0.05) is 6.92 Å². The van der Waals surface area contributed by atoms with Gasteiger partial charge in [0, 0.05) is 0 Å². The van der Waals surface area contributed by atoms with Gasteiger partial charge in [-0.3, -0.25) is 4.79 Å². The van der Waals surface area contributed by atoms with Gasteiger partial charge in [-0.2, -0.15) is 0 Å². The first kappa shape index (κ1) is 11.7. The normalized spacial score (nSPS) is 14.7. The maximum absolute atomic E-state index is 11.7. The number of hydrogen-bond acceptors (Lipinski definition) is 4. The fourth-order valence-electron chi connectivity index (χ4n) is 1.09. The molecule has 0 aliphatic rings. The second kappa shape index (κ2) is 4.44. The lowest BCUT2D eigenvalue weighted by Gasteiger charge is -2.26. The number of aliphatic hydroxyl groups is 1. The molecule has 5 heteroatoms. The van der Waals surface area contributed by atoms with Gasteiger partial charge in [-0.05, 0) is 20.3 Å². The van der Waals surface area contributed by atoms with Gasteiger partial charge in [-0.15, -0.1) is 0 Å². The minimum Gasteiger partial charge on any atom is -0.438 e. The largest absolute Gasteiger partial charge is 0.438 e. The third-order valence-corrected chi connectivity index (χ3v) is 2.50. The summed E-state index contributed by atoms with van der Waals surface area (Å²) in [5, 5.41) is 11.9. The number of carbonyl (C=O) groups is 1. The Kier molecular flexibility index (Phi) is 3.47. The minimum absolute atomic E-state index is 0.109. The summed E-state index contributed by atoms with van der Waals surface area (Å²) >= 11 is 0. The quantitative estimate of drug-likeness (QED) is 0.776. The van der Waals surface area contributed by atoms with Crippen molar-refractivity contribution in [2.24, 2.45) is 0 Å². The monoisotopic (exact) mass is 212 g/mol. The number of rotatable bonds is 4. The number of amides is 1. The van der Waals surface area contributed by atoms with Gasteiger partial charge in [0.05, 0.1) is 17.8 Å². The molecule has 1 unspecified atom stereocenters. The van der Waals surface area contributed by atoms with Gasteiger partial charge in [0.2, 0.25) is 5.76 Å². The highest BCUT2D eigenvalue weighted by molar-refractivity contribution is 5.92. The van der Waals surface area contributed by atoms with E-state index in [-0.39, 0.29) is 18.3 Å². The van der Waals surface area contributed by atoms with Gasteiger partial charge in [-0.25, -0.2) is 4.98 Å². The first-order chi connectivity index (χ1) is 7.02. The van der Waals surface area contributed by atoms with Crippen LogP contribution in [-0.2, 0) is 0 Å². The summed E-state index contributed by atoms with van der Waals surface area (Å²) in [7, 11) is 0. The van der Waals surface area contributed by atoms with Gasteiger partial charge in [0.25, 0.3) is 5.91 Å². The van der Waals surface area contributed by atoms with Gasteiger partial charge in [0.15, 0.2) is 6.39 Å². The standard InChI is InChI=1S/C10H16N2O3/c1-4-10(3,5-13)12-9(14)8-7(2)11-6-15-8/h6,13H,4-5H2,1-3H3,(H,12,14). The van der Waals surface area contributed by atoms with Crippen LogP contribution in [0.2, 0.25) is 0 Å². The van der Waals surface area contributed by atoms with E-state index >= 15 is 0 Å². The predicted octanol–water partition coefficient (Wildman–Crippen LogP) is 0.874. The van der Waals surface area contributed by atoms with E-state index in [9.17, 15) is 4.79 Å².